The van der Waals surface area contributed by atoms with Crippen LogP contribution in [0.2, 0.25) is 0 Å². The van der Waals surface area contributed by atoms with Crippen molar-refractivity contribution in [1.29, 1.82) is 0 Å². The van der Waals surface area contributed by atoms with Crippen molar-refractivity contribution in [2.75, 3.05) is 20.2 Å². The molecule has 0 fully saturated rings. The third kappa shape index (κ3) is 5.17. The van der Waals surface area contributed by atoms with E-state index in [1.807, 2.05) is 35.2 Å². The molecule has 0 saturated heterocycles. The minimum absolute atomic E-state index is 0.393. The van der Waals surface area contributed by atoms with Crippen LogP contribution in [0.3, 0.4) is 0 Å². The van der Waals surface area contributed by atoms with Gasteiger partial charge in [-0.1, -0.05) is 42.5 Å². The summed E-state index contributed by atoms with van der Waals surface area (Å²) in [6.07, 6.45) is 2.81. The van der Waals surface area contributed by atoms with Gasteiger partial charge in [-0.25, -0.2) is 4.79 Å². The predicted molar refractivity (Wildman–Crippen MR) is 83.9 cm³/mol. The average molecular weight is 289 g/mol. The van der Waals surface area contributed by atoms with E-state index in [4.69, 9.17) is 0 Å². The molecule has 0 spiro atoms. The van der Waals surface area contributed by atoms with Crippen LogP contribution in [0.1, 0.15) is 5.56 Å². The fourth-order valence-corrected chi connectivity index (χ4v) is 2.25. The summed E-state index contributed by atoms with van der Waals surface area (Å²) < 4.78 is 4.67. The van der Waals surface area contributed by atoms with Gasteiger partial charge in [-0.15, -0.1) is 13.2 Å². The molecule has 1 rings (SSSR count). The van der Waals surface area contributed by atoms with Crippen LogP contribution in [0.25, 0.3) is 0 Å². The first-order chi connectivity index (χ1) is 10.1. The van der Waals surface area contributed by atoms with E-state index in [1.165, 1.54) is 7.11 Å². The summed E-state index contributed by atoms with van der Waals surface area (Å²) in [6, 6.07) is 9.34. The second-order valence-electron chi connectivity index (χ2n) is 4.76. The van der Waals surface area contributed by atoms with Crippen LogP contribution in [0.15, 0.2) is 55.6 Å². The molecule has 1 N–H and O–H groups in total. The molecule has 0 aliphatic carbocycles. The number of rotatable bonds is 9. The van der Waals surface area contributed by atoms with Crippen molar-refractivity contribution >= 4 is 5.97 Å². The molecule has 0 bridgehead atoms. The van der Waals surface area contributed by atoms with Gasteiger partial charge in [0.15, 0.2) is 6.10 Å². The van der Waals surface area contributed by atoms with Gasteiger partial charge in [0.1, 0.15) is 0 Å². The lowest BCUT2D eigenvalue weighted by Gasteiger charge is -2.32. The van der Waals surface area contributed by atoms with Gasteiger partial charge in [-0.3, -0.25) is 4.90 Å². The molecular weight excluding hydrogens is 266 g/mol. The van der Waals surface area contributed by atoms with Crippen molar-refractivity contribution in [1.82, 2.24) is 4.90 Å². The average Bonchev–Trinajstić information content (AvgIpc) is 2.52. The van der Waals surface area contributed by atoms with Crippen LogP contribution in [-0.2, 0) is 16.0 Å². The molecule has 2 atom stereocenters. The van der Waals surface area contributed by atoms with E-state index < -0.39 is 18.1 Å². The summed E-state index contributed by atoms with van der Waals surface area (Å²) in [5, 5.41) is 10.3. The standard InChI is InChI=1S/C17H23NO3/c1-4-11-18(12-5-2)15(16(19)17(20)21-3)13-14-9-7-6-8-10-14/h4-10,15-16,19H,1-2,11-13H2,3H3/t15-,16-/m0/s1. The predicted octanol–water partition coefficient (Wildman–Crippen LogP) is 1.81. The molecule has 21 heavy (non-hydrogen) atoms. The number of hydrogen-bond donors (Lipinski definition) is 1. The van der Waals surface area contributed by atoms with Crippen molar-refractivity contribution in [3.63, 3.8) is 0 Å². The Hall–Kier alpha value is -1.91. The molecule has 0 aromatic heterocycles. The normalized spacial score (nSPS) is 13.5. The molecular formula is C17H23NO3. The topological polar surface area (TPSA) is 49.8 Å². The number of aliphatic hydroxyl groups is 1. The molecule has 114 valence electrons. The van der Waals surface area contributed by atoms with Gasteiger partial charge in [0, 0.05) is 13.1 Å². The van der Waals surface area contributed by atoms with Gasteiger partial charge < -0.3 is 9.84 Å². The van der Waals surface area contributed by atoms with E-state index in [-0.39, 0.29) is 0 Å². The molecule has 1 aromatic rings. The summed E-state index contributed by atoms with van der Waals surface area (Å²) in [7, 11) is 1.27. The number of carbonyl (C=O) groups is 1. The van der Waals surface area contributed by atoms with Crippen LogP contribution < -0.4 is 0 Å². The maximum Gasteiger partial charge on any atom is 0.336 e. The van der Waals surface area contributed by atoms with Crippen molar-refractivity contribution in [3.8, 4) is 0 Å². The Morgan fingerprint density at radius 1 is 1.29 bits per heavy atom. The lowest BCUT2D eigenvalue weighted by molar-refractivity contribution is -0.154. The Kier molecular flexibility index (Phi) is 7.43. The first kappa shape index (κ1) is 17.1. The number of carbonyl (C=O) groups excluding carboxylic acids is 1. The Labute approximate surface area is 126 Å². The highest BCUT2D eigenvalue weighted by Gasteiger charge is 2.31. The number of esters is 1. The summed E-state index contributed by atoms with van der Waals surface area (Å²) in [6.45, 7) is 8.55. The van der Waals surface area contributed by atoms with Gasteiger partial charge in [-0.05, 0) is 12.0 Å². The molecule has 0 aliphatic heterocycles. The third-order valence-electron chi connectivity index (χ3n) is 3.29. The van der Waals surface area contributed by atoms with E-state index >= 15 is 0 Å². The van der Waals surface area contributed by atoms with Gasteiger partial charge in [-0.2, -0.15) is 0 Å². The third-order valence-corrected chi connectivity index (χ3v) is 3.29. The van der Waals surface area contributed by atoms with Crippen molar-refractivity contribution in [3.05, 3.63) is 61.2 Å². The highest BCUT2D eigenvalue weighted by atomic mass is 16.5. The number of nitrogens with zero attached hydrogens (tertiary/aromatic N) is 1. The lowest BCUT2D eigenvalue weighted by Crippen LogP contribution is -2.49. The fraction of sp³-hybridized carbons (Fsp3) is 0.353. The number of benzene rings is 1. The highest BCUT2D eigenvalue weighted by Crippen LogP contribution is 2.14. The van der Waals surface area contributed by atoms with E-state index in [9.17, 15) is 9.90 Å². The molecule has 4 nitrogen and oxygen atoms in total. The zero-order valence-corrected chi connectivity index (χ0v) is 12.4. The van der Waals surface area contributed by atoms with Gasteiger partial charge in [0.2, 0.25) is 0 Å². The first-order valence-electron chi connectivity index (χ1n) is 6.89. The van der Waals surface area contributed by atoms with E-state index in [1.54, 1.807) is 12.2 Å². The molecule has 0 heterocycles. The number of aliphatic hydroxyl groups excluding tert-OH is 1. The number of methoxy groups -OCH3 is 1. The van der Waals surface area contributed by atoms with Crippen LogP contribution in [0.4, 0.5) is 0 Å². The van der Waals surface area contributed by atoms with Crippen LogP contribution in [-0.4, -0.2) is 48.3 Å². The van der Waals surface area contributed by atoms with Gasteiger partial charge >= 0.3 is 5.97 Å². The fourth-order valence-electron chi connectivity index (χ4n) is 2.25. The van der Waals surface area contributed by atoms with Crippen LogP contribution in [0.5, 0.6) is 0 Å². The smallest absolute Gasteiger partial charge is 0.336 e. The highest BCUT2D eigenvalue weighted by molar-refractivity contribution is 5.75. The maximum atomic E-state index is 11.7. The van der Waals surface area contributed by atoms with E-state index in [0.29, 0.717) is 19.5 Å². The van der Waals surface area contributed by atoms with E-state index in [2.05, 4.69) is 17.9 Å². The van der Waals surface area contributed by atoms with Crippen molar-refractivity contribution < 1.29 is 14.6 Å². The van der Waals surface area contributed by atoms with Crippen LogP contribution in [0, 0.1) is 0 Å². The van der Waals surface area contributed by atoms with Crippen LogP contribution >= 0.6 is 0 Å². The summed E-state index contributed by atoms with van der Waals surface area (Å²) in [5.41, 5.74) is 1.04. The van der Waals surface area contributed by atoms with E-state index in [0.717, 1.165) is 5.56 Å². The quantitative estimate of drug-likeness (QED) is 0.556. The minimum atomic E-state index is -1.21. The number of hydrogen-bond acceptors (Lipinski definition) is 4. The molecule has 0 radical (unpaired) electrons. The first-order valence-corrected chi connectivity index (χ1v) is 6.89. The zero-order valence-electron chi connectivity index (χ0n) is 12.4. The Balaban J connectivity index is 2.99. The molecule has 4 heteroatoms. The summed E-state index contributed by atoms with van der Waals surface area (Å²) in [4.78, 5) is 13.7. The summed E-state index contributed by atoms with van der Waals surface area (Å²) >= 11 is 0. The Bertz CT molecular complexity index is 448. The molecule has 0 unspecified atom stereocenters. The lowest BCUT2D eigenvalue weighted by atomic mass is 9.99. The number of ether oxygens (including phenoxy) is 1. The van der Waals surface area contributed by atoms with Crippen molar-refractivity contribution in [2.24, 2.45) is 0 Å². The SMILES string of the molecule is C=CCN(CC=C)[C@@H](Cc1ccccc1)[C@H](O)C(=O)OC. The Morgan fingerprint density at radius 3 is 2.33 bits per heavy atom. The largest absolute Gasteiger partial charge is 0.467 e. The molecule has 0 saturated carbocycles. The minimum Gasteiger partial charge on any atom is -0.467 e. The van der Waals surface area contributed by atoms with Gasteiger partial charge in [0.05, 0.1) is 13.2 Å². The van der Waals surface area contributed by atoms with Gasteiger partial charge in [0.25, 0.3) is 0 Å². The zero-order chi connectivity index (χ0) is 15.7. The maximum absolute atomic E-state index is 11.7. The second kappa shape index (κ2) is 9.10. The second-order valence-corrected chi connectivity index (χ2v) is 4.76. The molecule has 1 aromatic carbocycles. The summed E-state index contributed by atoms with van der Waals surface area (Å²) in [5.74, 6) is -0.631. The Morgan fingerprint density at radius 2 is 1.86 bits per heavy atom. The van der Waals surface area contributed by atoms with Crippen molar-refractivity contribution in [2.45, 2.75) is 18.6 Å². The molecule has 0 amide bonds. The molecule has 0 aliphatic rings. The monoisotopic (exact) mass is 289 g/mol.